The lowest BCUT2D eigenvalue weighted by Crippen LogP contribution is -2.42. The molecular weight excluding hydrogens is 584 g/mol. The van der Waals surface area contributed by atoms with Crippen LogP contribution >= 0.6 is 15.9 Å². The summed E-state index contributed by atoms with van der Waals surface area (Å²) < 4.78 is 31.9. The second-order valence-electron chi connectivity index (χ2n) is 8.55. The number of halogens is 3. The van der Waals surface area contributed by atoms with Crippen LogP contribution in [0.15, 0.2) is 45.9 Å². The summed E-state index contributed by atoms with van der Waals surface area (Å²) in [7, 11) is 0. The molecular formula is C25H28BrF2N5O6. The topological polar surface area (TPSA) is 161 Å². The van der Waals surface area contributed by atoms with Gasteiger partial charge in [0.1, 0.15) is 5.75 Å². The van der Waals surface area contributed by atoms with Crippen LogP contribution in [-0.4, -0.2) is 66.3 Å². The van der Waals surface area contributed by atoms with Crippen LogP contribution in [0.25, 0.3) is 0 Å². The number of anilines is 1. The van der Waals surface area contributed by atoms with Gasteiger partial charge in [-0.3, -0.25) is 19.4 Å². The second-order valence-corrected chi connectivity index (χ2v) is 9.46. The van der Waals surface area contributed by atoms with Crippen molar-refractivity contribution in [2.75, 3.05) is 31.6 Å². The molecule has 210 valence electrons. The average molecular weight is 612 g/mol. The van der Waals surface area contributed by atoms with Gasteiger partial charge in [-0.25, -0.2) is 8.78 Å². The standard InChI is InChI=1S/C25H28BrF2N5O6/c1-2-39-22(37)9-20(13-3-14(23(27)28)5-16(26)4-13)33-21(36)12-29-24(38)15-6-17(8-18(34)7-15)32-25-30-10-19(35)11-31-25/h3-8,19-20,23,34-35H,2,9-12H2,1H3,(H,29,38)(H,33,36)(H2,30,31,32). The summed E-state index contributed by atoms with van der Waals surface area (Å²) >= 11 is 3.17. The fourth-order valence-corrected chi connectivity index (χ4v) is 4.20. The van der Waals surface area contributed by atoms with E-state index in [-0.39, 0.29) is 48.6 Å². The van der Waals surface area contributed by atoms with E-state index in [9.17, 15) is 33.4 Å². The van der Waals surface area contributed by atoms with Crippen molar-refractivity contribution < 1.29 is 38.1 Å². The first-order chi connectivity index (χ1) is 18.5. The summed E-state index contributed by atoms with van der Waals surface area (Å²) in [4.78, 5) is 41.6. The molecule has 39 heavy (non-hydrogen) atoms. The number of phenolic OH excluding ortho intramolecular Hbond substituents is 1. The highest BCUT2D eigenvalue weighted by Crippen LogP contribution is 2.29. The number of aromatic hydroxyl groups is 1. The number of esters is 1. The van der Waals surface area contributed by atoms with Gasteiger partial charge in [0.2, 0.25) is 5.91 Å². The van der Waals surface area contributed by atoms with Crippen LogP contribution in [-0.2, 0) is 14.3 Å². The minimum Gasteiger partial charge on any atom is -0.508 e. The summed E-state index contributed by atoms with van der Waals surface area (Å²) in [5.41, 5.74) is 0.335. The van der Waals surface area contributed by atoms with Crippen LogP contribution < -0.4 is 21.3 Å². The number of nitrogens with zero attached hydrogens (tertiary/aromatic N) is 1. The largest absolute Gasteiger partial charge is 0.508 e. The first kappa shape index (κ1) is 29.8. The molecule has 2 amide bonds. The first-order valence-corrected chi connectivity index (χ1v) is 12.7. The van der Waals surface area contributed by atoms with E-state index in [0.717, 1.165) is 0 Å². The van der Waals surface area contributed by atoms with Gasteiger partial charge in [0.05, 0.1) is 38.3 Å². The molecule has 3 rings (SSSR count). The van der Waals surface area contributed by atoms with Gasteiger partial charge >= 0.3 is 5.97 Å². The number of aliphatic hydroxyl groups is 1. The lowest BCUT2D eigenvalue weighted by atomic mass is 10.0. The highest BCUT2D eigenvalue weighted by molar-refractivity contribution is 9.10. The molecule has 2 atom stereocenters. The molecule has 0 bridgehead atoms. The SMILES string of the molecule is CCOC(=O)CC(NC(=O)CNC(=O)c1cc(O)cc(NC2=NCC(O)CN2)c1)c1cc(Br)cc(C(F)F)c1. The average Bonchev–Trinajstić information content (AvgIpc) is 2.87. The van der Waals surface area contributed by atoms with Gasteiger partial charge in [-0.1, -0.05) is 15.9 Å². The van der Waals surface area contributed by atoms with Crippen molar-refractivity contribution in [2.24, 2.45) is 4.99 Å². The molecule has 0 aromatic heterocycles. The third kappa shape index (κ3) is 9.18. The van der Waals surface area contributed by atoms with Crippen LogP contribution in [0.5, 0.6) is 5.75 Å². The molecule has 14 heteroatoms. The van der Waals surface area contributed by atoms with Crippen molar-refractivity contribution in [1.82, 2.24) is 16.0 Å². The van der Waals surface area contributed by atoms with Gasteiger partial charge in [0.15, 0.2) is 5.96 Å². The minimum atomic E-state index is -2.77. The predicted octanol–water partition coefficient (Wildman–Crippen LogP) is 2.36. The quantitative estimate of drug-likeness (QED) is 0.223. The monoisotopic (exact) mass is 611 g/mol. The van der Waals surface area contributed by atoms with E-state index in [1.54, 1.807) is 6.92 Å². The highest BCUT2D eigenvalue weighted by Gasteiger charge is 2.22. The molecule has 0 fully saturated rings. The van der Waals surface area contributed by atoms with Crippen LogP contribution in [0.2, 0.25) is 0 Å². The summed E-state index contributed by atoms with van der Waals surface area (Å²) in [6, 6.07) is 6.92. The Morgan fingerprint density at radius 2 is 1.92 bits per heavy atom. The molecule has 2 unspecified atom stereocenters. The van der Waals surface area contributed by atoms with Gasteiger partial charge in [0.25, 0.3) is 12.3 Å². The number of phenols is 1. The number of benzene rings is 2. The van der Waals surface area contributed by atoms with Crippen molar-refractivity contribution in [1.29, 1.82) is 0 Å². The highest BCUT2D eigenvalue weighted by atomic mass is 79.9. The smallest absolute Gasteiger partial charge is 0.308 e. The number of rotatable bonds is 10. The van der Waals surface area contributed by atoms with E-state index < -0.39 is 42.9 Å². The molecule has 0 saturated heterocycles. The van der Waals surface area contributed by atoms with E-state index in [4.69, 9.17) is 4.74 Å². The van der Waals surface area contributed by atoms with E-state index in [0.29, 0.717) is 16.1 Å². The number of β-amino-alcohol motifs (C(OH)–C–C–N with tert-alkyl or cyclic N) is 1. The Labute approximate surface area is 231 Å². The third-order valence-electron chi connectivity index (χ3n) is 5.43. The fourth-order valence-electron chi connectivity index (χ4n) is 3.68. The van der Waals surface area contributed by atoms with Crippen LogP contribution in [0.4, 0.5) is 14.5 Å². The molecule has 1 aliphatic heterocycles. The lowest BCUT2D eigenvalue weighted by Gasteiger charge is -2.20. The number of aliphatic hydroxyl groups excluding tert-OH is 1. The van der Waals surface area contributed by atoms with Crippen molar-refractivity contribution in [2.45, 2.75) is 31.9 Å². The van der Waals surface area contributed by atoms with E-state index in [2.05, 4.69) is 42.2 Å². The predicted molar refractivity (Wildman–Crippen MR) is 142 cm³/mol. The Morgan fingerprint density at radius 1 is 1.18 bits per heavy atom. The summed E-state index contributed by atoms with van der Waals surface area (Å²) in [6.07, 6.45) is -3.70. The number of guanidine groups is 1. The number of nitrogens with one attached hydrogen (secondary N) is 4. The minimum absolute atomic E-state index is 0.0402. The van der Waals surface area contributed by atoms with Crippen molar-refractivity contribution in [3.05, 3.63) is 57.6 Å². The van der Waals surface area contributed by atoms with Crippen LogP contribution in [0, 0.1) is 0 Å². The number of ether oxygens (including phenoxy) is 1. The van der Waals surface area contributed by atoms with Crippen LogP contribution in [0.1, 0.15) is 47.3 Å². The number of hydrogen-bond acceptors (Lipinski definition) is 9. The van der Waals surface area contributed by atoms with E-state index >= 15 is 0 Å². The Kier molecular flexibility index (Phi) is 10.6. The molecule has 6 N–H and O–H groups in total. The maximum atomic E-state index is 13.3. The van der Waals surface area contributed by atoms with Crippen molar-refractivity contribution >= 4 is 45.4 Å². The van der Waals surface area contributed by atoms with Crippen molar-refractivity contribution in [3.63, 3.8) is 0 Å². The third-order valence-corrected chi connectivity index (χ3v) is 5.88. The molecule has 2 aromatic rings. The molecule has 11 nitrogen and oxygen atoms in total. The van der Waals surface area contributed by atoms with E-state index in [1.165, 1.54) is 36.4 Å². The number of hydrogen-bond donors (Lipinski definition) is 6. The zero-order valence-corrected chi connectivity index (χ0v) is 22.4. The van der Waals surface area contributed by atoms with Gasteiger partial charge in [-0.2, -0.15) is 0 Å². The molecule has 1 aliphatic rings. The van der Waals surface area contributed by atoms with Crippen LogP contribution in [0.3, 0.4) is 0 Å². The lowest BCUT2D eigenvalue weighted by molar-refractivity contribution is -0.143. The molecule has 0 aliphatic carbocycles. The van der Waals surface area contributed by atoms with Gasteiger partial charge < -0.3 is 36.2 Å². The number of carbonyl (C=O) groups is 3. The molecule has 0 saturated carbocycles. The Hall–Kier alpha value is -3.78. The maximum Gasteiger partial charge on any atom is 0.308 e. The first-order valence-electron chi connectivity index (χ1n) is 11.9. The molecule has 0 spiro atoms. The summed E-state index contributed by atoms with van der Waals surface area (Å²) in [5.74, 6) is -1.87. The summed E-state index contributed by atoms with van der Waals surface area (Å²) in [6.45, 7) is 1.69. The molecule has 1 heterocycles. The number of amides is 2. The number of carbonyl (C=O) groups excluding carboxylic acids is 3. The number of alkyl halides is 2. The van der Waals surface area contributed by atoms with Gasteiger partial charge in [0, 0.05) is 33.9 Å². The normalized spacial score (nSPS) is 15.5. The van der Waals surface area contributed by atoms with Gasteiger partial charge in [-0.15, -0.1) is 0 Å². The zero-order valence-electron chi connectivity index (χ0n) is 20.8. The maximum absolute atomic E-state index is 13.3. The Bertz CT molecular complexity index is 1250. The van der Waals surface area contributed by atoms with Gasteiger partial charge in [-0.05, 0) is 42.8 Å². The Morgan fingerprint density at radius 3 is 2.59 bits per heavy atom. The second kappa shape index (κ2) is 13.8. The summed E-state index contributed by atoms with van der Waals surface area (Å²) in [5, 5.41) is 30.3. The number of aliphatic imine (C=N–C) groups is 1. The van der Waals surface area contributed by atoms with E-state index in [1.807, 2.05) is 0 Å². The Balaban J connectivity index is 1.67. The fraction of sp³-hybridized carbons (Fsp3) is 0.360. The zero-order chi connectivity index (χ0) is 28.5. The molecule has 2 aromatic carbocycles. The molecule has 0 radical (unpaired) electrons. The van der Waals surface area contributed by atoms with Crippen molar-refractivity contribution in [3.8, 4) is 5.75 Å².